The molecular weight excluding hydrogens is 366 g/mol. The lowest BCUT2D eigenvalue weighted by Crippen LogP contribution is -2.28. The quantitative estimate of drug-likeness (QED) is 0.606. The van der Waals surface area contributed by atoms with Crippen LogP contribution in [0, 0.1) is 4.64 Å². The lowest BCUT2D eigenvalue weighted by atomic mass is 10.1. The summed E-state index contributed by atoms with van der Waals surface area (Å²) in [5.74, 6) is 0.874. The minimum atomic E-state index is -0.203. The summed E-state index contributed by atoms with van der Waals surface area (Å²) in [6.07, 6.45) is 0.550. The Morgan fingerprint density at radius 1 is 1.29 bits per heavy atom. The maximum absolute atomic E-state index is 12.2. The summed E-state index contributed by atoms with van der Waals surface area (Å²) < 4.78 is 3.42. The number of ketones is 1. The zero-order valence-corrected chi connectivity index (χ0v) is 15.5. The normalized spacial score (nSPS) is 12.9. The molecule has 0 fully saturated rings. The molecule has 0 radical (unpaired) electrons. The largest absolute Gasteiger partial charge is 0.330 e. The molecule has 5 nitrogen and oxygen atoms in total. The molecule has 0 aliphatic carbocycles. The molecule has 0 saturated heterocycles. The van der Waals surface area contributed by atoms with Gasteiger partial charge in [-0.05, 0) is 24.3 Å². The first-order valence-corrected chi connectivity index (χ1v) is 8.93. The van der Waals surface area contributed by atoms with E-state index in [9.17, 15) is 9.59 Å². The van der Waals surface area contributed by atoms with Crippen molar-refractivity contribution in [3.05, 3.63) is 55.5 Å². The van der Waals surface area contributed by atoms with Crippen molar-refractivity contribution in [1.29, 1.82) is 0 Å². The molecule has 1 aliphatic rings. The van der Waals surface area contributed by atoms with E-state index in [1.165, 1.54) is 20.9 Å². The van der Waals surface area contributed by atoms with Crippen LogP contribution in [-0.2, 0) is 20.5 Å². The van der Waals surface area contributed by atoms with Crippen molar-refractivity contribution in [2.75, 3.05) is 5.75 Å². The molecule has 3 rings (SSSR count). The van der Waals surface area contributed by atoms with Crippen LogP contribution in [0.4, 0.5) is 5.82 Å². The summed E-state index contributed by atoms with van der Waals surface area (Å²) in [5, 5.41) is 1.39. The lowest BCUT2D eigenvalue weighted by molar-refractivity contribution is 0.102. The van der Waals surface area contributed by atoms with Crippen LogP contribution >= 0.6 is 35.6 Å². The third-order valence-corrected chi connectivity index (χ3v) is 5.57. The maximum atomic E-state index is 12.2. The average Bonchev–Trinajstić information content (AvgIpc) is 3.01. The van der Waals surface area contributed by atoms with Gasteiger partial charge in [-0.2, -0.15) is 0 Å². The minimum Gasteiger partial charge on any atom is -0.293 e. The van der Waals surface area contributed by atoms with Crippen molar-refractivity contribution < 1.29 is 4.79 Å². The number of halogens is 1. The van der Waals surface area contributed by atoms with Crippen molar-refractivity contribution >= 4 is 52.2 Å². The highest BCUT2D eigenvalue weighted by molar-refractivity contribution is 8.14. The van der Waals surface area contributed by atoms with Crippen molar-refractivity contribution in [3.63, 3.8) is 0 Å². The third-order valence-electron chi connectivity index (χ3n) is 3.82. The zero-order valence-electron chi connectivity index (χ0n) is 13.1. The molecule has 0 amide bonds. The Hall–Kier alpha value is -1.70. The average molecular weight is 380 g/mol. The Labute approximate surface area is 153 Å². The van der Waals surface area contributed by atoms with Gasteiger partial charge in [0.2, 0.25) is 0 Å². The molecule has 0 bridgehead atoms. The van der Waals surface area contributed by atoms with E-state index in [0.717, 1.165) is 10.6 Å². The van der Waals surface area contributed by atoms with E-state index in [2.05, 4.69) is 4.99 Å². The summed E-state index contributed by atoms with van der Waals surface area (Å²) in [4.78, 5) is 28.8. The van der Waals surface area contributed by atoms with Gasteiger partial charge in [-0.1, -0.05) is 23.8 Å². The number of hydrogen-bond donors (Lipinski definition) is 0. The predicted molar refractivity (Wildman–Crippen MR) is 101 cm³/mol. The first-order valence-electron chi connectivity index (χ1n) is 7.16. The van der Waals surface area contributed by atoms with Gasteiger partial charge >= 0.3 is 5.69 Å². The Morgan fingerprint density at radius 2 is 1.96 bits per heavy atom. The molecule has 8 heteroatoms. The fourth-order valence-corrected chi connectivity index (χ4v) is 3.69. The number of thioether (sulfide) groups is 1. The molecule has 1 aromatic carbocycles. The van der Waals surface area contributed by atoms with Crippen LogP contribution < -0.4 is 5.69 Å². The van der Waals surface area contributed by atoms with Gasteiger partial charge in [-0.25, -0.2) is 9.79 Å². The lowest BCUT2D eigenvalue weighted by Gasteiger charge is -2.07. The van der Waals surface area contributed by atoms with Gasteiger partial charge in [0.15, 0.2) is 5.78 Å². The molecule has 0 saturated carbocycles. The number of rotatable bonds is 3. The standard InChI is InChI=1S/C16H14ClN3O2S2/c1-19-14-11(15(23)20(2)16(19)22)7-13(18-14)24-8-12(21)9-3-5-10(17)6-4-9/h3-6H,7-8H2,1-2H3. The van der Waals surface area contributed by atoms with Crippen LogP contribution in [0.15, 0.2) is 34.1 Å². The maximum Gasteiger partial charge on any atom is 0.330 e. The number of nitrogens with zero attached hydrogens (tertiary/aromatic N) is 3. The summed E-state index contributed by atoms with van der Waals surface area (Å²) in [7, 11) is 3.33. The van der Waals surface area contributed by atoms with Crippen molar-refractivity contribution in [2.45, 2.75) is 6.42 Å². The van der Waals surface area contributed by atoms with Gasteiger partial charge in [0.25, 0.3) is 0 Å². The monoisotopic (exact) mass is 379 g/mol. The second kappa shape index (κ2) is 6.66. The molecule has 0 spiro atoms. The fraction of sp³-hybridized carbons (Fsp3) is 0.250. The van der Waals surface area contributed by atoms with Gasteiger partial charge in [-0.15, -0.1) is 11.8 Å². The van der Waals surface area contributed by atoms with E-state index in [0.29, 0.717) is 27.5 Å². The molecule has 24 heavy (non-hydrogen) atoms. The third kappa shape index (κ3) is 3.11. The molecule has 124 valence electrons. The SMILES string of the molecule is Cn1c2c(c(=S)n(C)c1=O)CC(SCC(=O)c1ccc(Cl)cc1)=N2. The summed E-state index contributed by atoms with van der Waals surface area (Å²) in [5.41, 5.74) is 1.27. The van der Waals surface area contributed by atoms with Crippen molar-refractivity contribution in [1.82, 2.24) is 9.13 Å². The van der Waals surface area contributed by atoms with Gasteiger partial charge < -0.3 is 0 Å². The first-order chi connectivity index (χ1) is 11.4. The zero-order chi connectivity index (χ0) is 17.4. The van der Waals surface area contributed by atoms with Gasteiger partial charge in [-0.3, -0.25) is 13.9 Å². The Balaban J connectivity index is 1.76. The van der Waals surface area contributed by atoms with Crippen LogP contribution in [0.1, 0.15) is 15.9 Å². The number of Topliss-reactive ketones (excluding diaryl/α,β-unsaturated/α-hetero) is 1. The number of hydrogen-bond acceptors (Lipinski definition) is 5. The minimum absolute atomic E-state index is 0.00774. The molecule has 0 atom stereocenters. The smallest absolute Gasteiger partial charge is 0.293 e. The molecule has 1 aliphatic heterocycles. The second-order valence-electron chi connectivity index (χ2n) is 5.41. The first kappa shape index (κ1) is 17.1. The van der Waals surface area contributed by atoms with Crippen LogP contribution in [0.3, 0.4) is 0 Å². The highest BCUT2D eigenvalue weighted by atomic mass is 35.5. The molecule has 0 N–H and O–H groups in total. The number of fused-ring (bicyclic) bond motifs is 1. The molecule has 0 unspecified atom stereocenters. The predicted octanol–water partition coefficient (Wildman–Crippen LogP) is 3.31. The highest BCUT2D eigenvalue weighted by Gasteiger charge is 2.22. The Morgan fingerprint density at radius 3 is 2.62 bits per heavy atom. The van der Waals surface area contributed by atoms with E-state index in [1.807, 2.05) is 0 Å². The highest BCUT2D eigenvalue weighted by Crippen LogP contribution is 2.29. The molecule has 2 aromatic rings. The van der Waals surface area contributed by atoms with E-state index in [1.54, 1.807) is 38.4 Å². The summed E-state index contributed by atoms with van der Waals surface area (Å²) in [6.45, 7) is 0. The number of aliphatic imine (C=N–C) groups is 1. The Bertz CT molecular complexity index is 975. The number of aromatic nitrogens is 2. The second-order valence-corrected chi connectivity index (χ2v) is 7.28. The van der Waals surface area contributed by atoms with E-state index in [4.69, 9.17) is 23.8 Å². The van der Waals surface area contributed by atoms with E-state index < -0.39 is 0 Å². The summed E-state index contributed by atoms with van der Waals surface area (Å²) in [6, 6.07) is 6.81. The van der Waals surface area contributed by atoms with E-state index >= 15 is 0 Å². The number of benzene rings is 1. The van der Waals surface area contributed by atoms with Crippen molar-refractivity contribution in [2.24, 2.45) is 19.1 Å². The van der Waals surface area contributed by atoms with Gasteiger partial charge in [0.1, 0.15) is 10.5 Å². The summed E-state index contributed by atoms with van der Waals surface area (Å²) >= 11 is 12.5. The van der Waals surface area contributed by atoms with Gasteiger partial charge in [0, 0.05) is 36.7 Å². The molecule has 2 heterocycles. The van der Waals surface area contributed by atoms with E-state index in [-0.39, 0.29) is 17.2 Å². The van der Waals surface area contributed by atoms with Gasteiger partial charge in [0.05, 0.1) is 10.8 Å². The van der Waals surface area contributed by atoms with Crippen LogP contribution in [-0.4, -0.2) is 25.7 Å². The number of carbonyl (C=O) groups is 1. The molecule has 1 aromatic heterocycles. The molecular formula is C16H14ClN3O2S2. The topological polar surface area (TPSA) is 56.4 Å². The van der Waals surface area contributed by atoms with Crippen molar-refractivity contribution in [3.8, 4) is 0 Å². The number of carbonyl (C=O) groups excluding carboxylic acids is 1. The van der Waals surface area contributed by atoms with Crippen LogP contribution in [0.2, 0.25) is 5.02 Å². The Kier molecular flexibility index (Phi) is 4.76. The fourth-order valence-electron chi connectivity index (χ4n) is 2.46. The van der Waals surface area contributed by atoms with Crippen LogP contribution in [0.5, 0.6) is 0 Å². The van der Waals surface area contributed by atoms with Crippen LogP contribution in [0.25, 0.3) is 0 Å².